The molecule has 0 aromatic carbocycles. The van der Waals surface area contributed by atoms with Crippen LogP contribution in [0.3, 0.4) is 0 Å². The van der Waals surface area contributed by atoms with Crippen LogP contribution in [0.2, 0.25) is 0 Å². The van der Waals surface area contributed by atoms with Gasteiger partial charge in [0, 0.05) is 11.5 Å². The van der Waals surface area contributed by atoms with Crippen molar-refractivity contribution >= 4 is 0 Å². The molecule has 2 N–H and O–H groups in total. The monoisotopic (exact) mass is 349 g/mol. The normalized spacial score (nSPS) is 52.0. The molecule has 0 radical (unpaired) electrons. The van der Waals surface area contributed by atoms with Gasteiger partial charge in [-0.3, -0.25) is 0 Å². The lowest BCUT2D eigenvalue weighted by atomic mass is 9.54. The molecule has 1 spiro atoms. The Kier molecular flexibility index (Phi) is 3.63. The highest BCUT2D eigenvalue weighted by atomic mass is 14.7. The number of hydrogen-bond acceptors (Lipinski definition) is 1. The Balaban J connectivity index is 1.57. The van der Waals surface area contributed by atoms with Gasteiger partial charge in [0.25, 0.3) is 0 Å². The fourth-order valence-corrected chi connectivity index (χ4v) is 9.10. The van der Waals surface area contributed by atoms with Crippen LogP contribution in [-0.2, 0) is 0 Å². The number of nitrogens with two attached hydrogens (primary N) is 1. The van der Waals surface area contributed by atoms with Gasteiger partial charge in [0.15, 0.2) is 0 Å². The van der Waals surface area contributed by atoms with Gasteiger partial charge in [-0.05, 0) is 93.3 Å². The van der Waals surface area contributed by atoms with E-state index in [0.29, 0.717) is 11.5 Å². The molecule has 1 heteroatoms. The van der Waals surface area contributed by atoms with Crippen molar-refractivity contribution in [1.82, 2.24) is 0 Å². The summed E-state index contributed by atoms with van der Waals surface area (Å²) < 4.78 is 0. The molecular weight excluding hydrogens is 314 g/mol. The molecule has 8 unspecified atom stereocenters. The van der Waals surface area contributed by atoms with Crippen LogP contribution in [0, 0.1) is 40.9 Å². The Morgan fingerprint density at radius 3 is 2.62 bits per heavy atom. The Labute approximate surface area is 159 Å². The molecule has 0 saturated heterocycles. The largest absolute Gasteiger partial charge is 0.324 e. The second-order valence-corrected chi connectivity index (χ2v) is 10.3. The minimum atomic E-state index is 0.299. The van der Waals surface area contributed by atoms with E-state index in [0.717, 1.165) is 35.5 Å². The second-order valence-electron chi connectivity index (χ2n) is 10.3. The first-order valence-corrected chi connectivity index (χ1v) is 11.6. The smallest absolute Gasteiger partial charge is 0.0226 e. The summed E-state index contributed by atoms with van der Waals surface area (Å²) in [6, 6.07) is 0.299. The van der Waals surface area contributed by atoms with Gasteiger partial charge in [0.2, 0.25) is 0 Å². The predicted octanol–water partition coefficient (Wildman–Crippen LogP) is 5.78. The maximum atomic E-state index is 6.55. The van der Waals surface area contributed by atoms with Crippen LogP contribution < -0.4 is 5.73 Å². The van der Waals surface area contributed by atoms with Gasteiger partial charge >= 0.3 is 0 Å². The Morgan fingerprint density at radius 2 is 1.65 bits per heavy atom. The first-order chi connectivity index (χ1) is 12.8. The van der Waals surface area contributed by atoms with E-state index >= 15 is 0 Å². The van der Waals surface area contributed by atoms with Crippen LogP contribution >= 0.6 is 0 Å². The molecule has 8 atom stereocenters. The first kappa shape index (κ1) is 16.2. The van der Waals surface area contributed by atoms with Crippen LogP contribution in [0.25, 0.3) is 0 Å². The van der Waals surface area contributed by atoms with E-state index in [9.17, 15) is 0 Å². The molecule has 6 aliphatic rings. The second kappa shape index (κ2) is 5.84. The van der Waals surface area contributed by atoms with Gasteiger partial charge in [-0.1, -0.05) is 48.3 Å². The van der Waals surface area contributed by atoms with Gasteiger partial charge in [-0.25, -0.2) is 0 Å². The summed E-state index contributed by atoms with van der Waals surface area (Å²) in [6.45, 7) is 0. The van der Waals surface area contributed by atoms with Crippen LogP contribution in [-0.4, -0.2) is 6.04 Å². The van der Waals surface area contributed by atoms with E-state index in [4.69, 9.17) is 5.73 Å². The molecule has 0 bridgehead atoms. The van der Waals surface area contributed by atoms with Crippen molar-refractivity contribution in [3.63, 3.8) is 0 Å². The summed E-state index contributed by atoms with van der Waals surface area (Å²) in [5.74, 6) is 5.23. The molecule has 26 heavy (non-hydrogen) atoms. The Bertz CT molecular complexity index is 684. The van der Waals surface area contributed by atoms with Crippen molar-refractivity contribution in [2.45, 2.75) is 76.7 Å². The van der Waals surface area contributed by atoms with E-state index in [1.54, 1.807) is 0 Å². The third-order valence-corrected chi connectivity index (χ3v) is 9.57. The minimum Gasteiger partial charge on any atom is -0.324 e. The molecule has 6 rings (SSSR count). The summed E-state index contributed by atoms with van der Waals surface area (Å²) in [7, 11) is 0. The molecule has 0 amide bonds. The van der Waals surface area contributed by atoms with E-state index in [2.05, 4.69) is 24.3 Å². The lowest BCUT2D eigenvalue weighted by Gasteiger charge is -2.50. The number of allylic oxidation sites excluding steroid dienone is 5. The third-order valence-electron chi connectivity index (χ3n) is 9.57. The van der Waals surface area contributed by atoms with E-state index in [1.165, 1.54) is 70.6 Å². The van der Waals surface area contributed by atoms with E-state index in [1.807, 2.05) is 11.1 Å². The molecule has 2 fully saturated rings. The molecule has 6 aliphatic carbocycles. The zero-order valence-electron chi connectivity index (χ0n) is 16.2. The molecule has 1 nitrogen and oxygen atoms in total. The van der Waals surface area contributed by atoms with Crippen LogP contribution in [0.4, 0.5) is 0 Å². The standard InChI is InChI=1S/C25H35N/c26-16-13-14-20-19-9-3-6-12-23(19)25(24(20)15-16)21-10-4-1-7-17(21)18-8-2-5-11-22(18)25/h3,9,13-14,16-17,19-21,23-24H,1-2,4-8,10-12,15,26H2. The molecule has 0 heterocycles. The van der Waals surface area contributed by atoms with Gasteiger partial charge in [0.05, 0.1) is 0 Å². The fourth-order valence-electron chi connectivity index (χ4n) is 9.10. The zero-order valence-corrected chi connectivity index (χ0v) is 16.2. The van der Waals surface area contributed by atoms with Crippen LogP contribution in [0.1, 0.15) is 70.6 Å². The fraction of sp³-hybridized carbons (Fsp3) is 0.760. The quantitative estimate of drug-likeness (QED) is 0.551. The minimum absolute atomic E-state index is 0.299. The van der Waals surface area contributed by atoms with Gasteiger partial charge < -0.3 is 5.73 Å². The maximum absolute atomic E-state index is 6.55. The summed E-state index contributed by atoms with van der Waals surface area (Å²) in [4.78, 5) is 0. The number of hydrogen-bond donors (Lipinski definition) is 1. The Morgan fingerprint density at radius 1 is 0.808 bits per heavy atom. The molecular formula is C25H35N. The summed E-state index contributed by atoms with van der Waals surface area (Å²) >= 11 is 0. The van der Waals surface area contributed by atoms with Crippen LogP contribution in [0.5, 0.6) is 0 Å². The average molecular weight is 350 g/mol. The van der Waals surface area contributed by atoms with Crippen molar-refractivity contribution in [1.29, 1.82) is 0 Å². The molecule has 0 aromatic rings. The molecule has 0 aromatic heterocycles. The first-order valence-electron chi connectivity index (χ1n) is 11.6. The summed E-state index contributed by atoms with van der Waals surface area (Å²) in [5.41, 5.74) is 11.1. The Hall–Kier alpha value is -0.820. The molecule has 0 aliphatic heterocycles. The maximum Gasteiger partial charge on any atom is 0.0226 e. The summed E-state index contributed by atoms with van der Waals surface area (Å²) in [5, 5.41) is 0. The van der Waals surface area contributed by atoms with Gasteiger partial charge in [-0.15, -0.1) is 0 Å². The summed E-state index contributed by atoms with van der Waals surface area (Å²) in [6.07, 6.45) is 25.8. The molecule has 2 saturated carbocycles. The third kappa shape index (κ3) is 1.91. The highest BCUT2D eigenvalue weighted by Gasteiger charge is 2.67. The van der Waals surface area contributed by atoms with Crippen LogP contribution in [0.15, 0.2) is 35.5 Å². The lowest BCUT2D eigenvalue weighted by Crippen LogP contribution is -2.45. The van der Waals surface area contributed by atoms with Crippen molar-refractivity contribution < 1.29 is 0 Å². The zero-order chi connectivity index (χ0) is 17.3. The van der Waals surface area contributed by atoms with Gasteiger partial charge in [-0.2, -0.15) is 0 Å². The molecule has 140 valence electrons. The highest BCUT2D eigenvalue weighted by molar-refractivity contribution is 5.42. The lowest BCUT2D eigenvalue weighted by molar-refractivity contribution is 0.0359. The van der Waals surface area contributed by atoms with Gasteiger partial charge in [0.1, 0.15) is 0 Å². The van der Waals surface area contributed by atoms with E-state index in [-0.39, 0.29) is 0 Å². The predicted molar refractivity (Wildman–Crippen MR) is 107 cm³/mol. The van der Waals surface area contributed by atoms with Crippen molar-refractivity contribution in [3.05, 3.63) is 35.5 Å². The number of rotatable bonds is 0. The highest BCUT2D eigenvalue weighted by Crippen LogP contribution is 2.74. The topological polar surface area (TPSA) is 26.0 Å². The average Bonchev–Trinajstić information content (AvgIpc) is 3.15. The van der Waals surface area contributed by atoms with E-state index < -0.39 is 0 Å². The van der Waals surface area contributed by atoms with Crippen molar-refractivity contribution in [2.75, 3.05) is 0 Å². The SMILES string of the molecule is NC1C=CC2C3C=CCCC3C3(C4=C(CCCC4)C4CCCCC43)C2C1. The number of fused-ring (bicyclic) bond motifs is 9. The van der Waals surface area contributed by atoms with Crippen molar-refractivity contribution in [2.24, 2.45) is 46.7 Å². The van der Waals surface area contributed by atoms with Crippen molar-refractivity contribution in [3.8, 4) is 0 Å².